The summed E-state index contributed by atoms with van der Waals surface area (Å²) < 4.78 is 20.8. The Morgan fingerprint density at radius 2 is 1.94 bits per heavy atom. The minimum absolute atomic E-state index is 0.104. The lowest BCUT2D eigenvalue weighted by Crippen LogP contribution is -2.39. The van der Waals surface area contributed by atoms with Crippen LogP contribution in [0.4, 0.5) is 4.39 Å². The zero-order chi connectivity index (χ0) is 24.9. The van der Waals surface area contributed by atoms with Gasteiger partial charge in [0.15, 0.2) is 5.76 Å². The predicted molar refractivity (Wildman–Crippen MR) is 135 cm³/mol. The van der Waals surface area contributed by atoms with Gasteiger partial charge in [0.25, 0.3) is 11.5 Å². The van der Waals surface area contributed by atoms with Crippen molar-refractivity contribution in [1.29, 1.82) is 0 Å². The Bertz CT molecular complexity index is 1380. The highest BCUT2D eigenvalue weighted by atomic mass is 35.5. The average molecular weight is 496 g/mol. The molecular formula is C27H27ClFN3O3. The Balaban J connectivity index is 1.94. The van der Waals surface area contributed by atoms with Gasteiger partial charge < -0.3 is 9.32 Å². The molecule has 2 aromatic heterocycles. The number of halogens is 2. The summed E-state index contributed by atoms with van der Waals surface area (Å²) in [5, 5.41) is 0.314. The maximum absolute atomic E-state index is 14.0. The molecule has 1 unspecified atom stereocenters. The van der Waals surface area contributed by atoms with Crippen LogP contribution in [-0.2, 0) is 0 Å². The highest BCUT2D eigenvalue weighted by molar-refractivity contribution is 6.30. The SMILES string of the molecule is CCCCCN(C(=O)c1ccco1)C(CC)c1nc2ccccc2c(=O)n1-c1ccc(F)c(Cl)c1. The van der Waals surface area contributed by atoms with E-state index in [0.717, 1.165) is 19.3 Å². The second-order valence-corrected chi connectivity index (χ2v) is 8.74. The molecule has 0 saturated carbocycles. The maximum Gasteiger partial charge on any atom is 0.290 e. The highest BCUT2D eigenvalue weighted by Crippen LogP contribution is 2.29. The van der Waals surface area contributed by atoms with Gasteiger partial charge in [-0.05, 0) is 55.3 Å². The lowest BCUT2D eigenvalue weighted by molar-refractivity contribution is 0.0622. The number of unbranched alkanes of at least 4 members (excludes halogenated alkanes) is 2. The lowest BCUT2D eigenvalue weighted by Gasteiger charge is -2.32. The van der Waals surface area contributed by atoms with Crippen molar-refractivity contribution in [3.8, 4) is 5.69 Å². The van der Waals surface area contributed by atoms with E-state index in [1.807, 2.05) is 13.0 Å². The highest BCUT2D eigenvalue weighted by Gasteiger charge is 2.30. The molecule has 2 aromatic carbocycles. The first-order valence-electron chi connectivity index (χ1n) is 11.8. The molecule has 4 rings (SSSR count). The molecule has 0 fully saturated rings. The molecule has 0 aliphatic carbocycles. The number of para-hydroxylation sites is 1. The summed E-state index contributed by atoms with van der Waals surface area (Å²) in [6.07, 6.45) is 4.69. The molecule has 0 aliphatic heterocycles. The van der Waals surface area contributed by atoms with Crippen LogP contribution in [0.3, 0.4) is 0 Å². The fourth-order valence-electron chi connectivity index (χ4n) is 4.26. The monoisotopic (exact) mass is 495 g/mol. The molecule has 4 aromatic rings. The Morgan fingerprint density at radius 1 is 1.14 bits per heavy atom. The van der Waals surface area contributed by atoms with Crippen molar-refractivity contribution in [2.45, 2.75) is 45.6 Å². The minimum Gasteiger partial charge on any atom is -0.459 e. The normalized spacial score (nSPS) is 12.1. The van der Waals surface area contributed by atoms with Crippen molar-refractivity contribution >= 4 is 28.4 Å². The molecule has 6 nitrogen and oxygen atoms in total. The third-order valence-corrected chi connectivity index (χ3v) is 6.31. The van der Waals surface area contributed by atoms with E-state index in [4.69, 9.17) is 21.0 Å². The zero-order valence-electron chi connectivity index (χ0n) is 19.7. The first kappa shape index (κ1) is 24.7. The fraction of sp³-hybridized carbons (Fsp3) is 0.296. The van der Waals surface area contributed by atoms with Gasteiger partial charge in [-0.15, -0.1) is 0 Å². The number of carbonyl (C=O) groups is 1. The van der Waals surface area contributed by atoms with Gasteiger partial charge >= 0.3 is 0 Å². The number of rotatable bonds is 9. The molecule has 0 bridgehead atoms. The topological polar surface area (TPSA) is 68.3 Å². The second kappa shape index (κ2) is 10.9. The van der Waals surface area contributed by atoms with Crippen LogP contribution in [0.25, 0.3) is 16.6 Å². The Hall–Kier alpha value is -3.45. The second-order valence-electron chi connectivity index (χ2n) is 8.33. The van der Waals surface area contributed by atoms with Crippen molar-refractivity contribution in [2.75, 3.05) is 6.54 Å². The van der Waals surface area contributed by atoms with E-state index in [-0.39, 0.29) is 22.2 Å². The van der Waals surface area contributed by atoms with Crippen LogP contribution >= 0.6 is 11.6 Å². The summed E-state index contributed by atoms with van der Waals surface area (Å²) in [5.74, 6) is -0.251. The summed E-state index contributed by atoms with van der Waals surface area (Å²) in [7, 11) is 0. The molecule has 2 heterocycles. The number of amides is 1. The molecule has 0 saturated heterocycles. The van der Waals surface area contributed by atoms with Crippen LogP contribution < -0.4 is 5.56 Å². The summed E-state index contributed by atoms with van der Waals surface area (Å²) in [6.45, 7) is 4.51. The van der Waals surface area contributed by atoms with Gasteiger partial charge in [0.1, 0.15) is 11.6 Å². The van der Waals surface area contributed by atoms with Gasteiger partial charge in [-0.25, -0.2) is 9.37 Å². The van der Waals surface area contributed by atoms with E-state index in [2.05, 4.69) is 6.92 Å². The zero-order valence-corrected chi connectivity index (χ0v) is 20.5. The van der Waals surface area contributed by atoms with E-state index in [9.17, 15) is 14.0 Å². The summed E-state index contributed by atoms with van der Waals surface area (Å²) in [6, 6.07) is 13.9. The number of furan rings is 1. The molecule has 8 heteroatoms. The summed E-state index contributed by atoms with van der Waals surface area (Å²) in [5.41, 5.74) is 0.590. The first-order chi connectivity index (χ1) is 17.0. The van der Waals surface area contributed by atoms with Crippen LogP contribution in [-0.4, -0.2) is 26.9 Å². The molecular weight excluding hydrogens is 469 g/mol. The lowest BCUT2D eigenvalue weighted by atomic mass is 10.1. The van der Waals surface area contributed by atoms with Crippen LogP contribution in [0.1, 0.15) is 62.0 Å². The molecule has 1 amide bonds. The van der Waals surface area contributed by atoms with Crippen molar-refractivity contribution in [3.63, 3.8) is 0 Å². The van der Waals surface area contributed by atoms with E-state index < -0.39 is 11.9 Å². The first-order valence-corrected chi connectivity index (χ1v) is 12.2. The van der Waals surface area contributed by atoms with Gasteiger partial charge in [-0.3, -0.25) is 14.2 Å². The van der Waals surface area contributed by atoms with Crippen LogP contribution in [0, 0.1) is 5.82 Å². The van der Waals surface area contributed by atoms with Crippen molar-refractivity contribution in [3.05, 3.63) is 93.6 Å². The molecule has 35 heavy (non-hydrogen) atoms. The Kier molecular flexibility index (Phi) is 7.66. The summed E-state index contributed by atoms with van der Waals surface area (Å²) >= 11 is 6.08. The number of hydrogen-bond acceptors (Lipinski definition) is 4. The number of carbonyl (C=O) groups excluding carboxylic acids is 1. The Morgan fingerprint density at radius 3 is 2.63 bits per heavy atom. The molecule has 0 radical (unpaired) electrons. The molecule has 0 N–H and O–H groups in total. The van der Waals surface area contributed by atoms with Gasteiger partial charge in [0, 0.05) is 6.54 Å². The van der Waals surface area contributed by atoms with E-state index in [1.54, 1.807) is 35.2 Å². The molecule has 1 atom stereocenters. The molecule has 0 spiro atoms. The smallest absolute Gasteiger partial charge is 0.290 e. The van der Waals surface area contributed by atoms with Crippen LogP contribution in [0.5, 0.6) is 0 Å². The largest absolute Gasteiger partial charge is 0.459 e. The van der Waals surface area contributed by atoms with Gasteiger partial charge in [0.05, 0.1) is 33.9 Å². The van der Waals surface area contributed by atoms with Crippen LogP contribution in [0.15, 0.2) is 70.1 Å². The number of hydrogen-bond donors (Lipinski definition) is 0. The van der Waals surface area contributed by atoms with Gasteiger partial charge in [-0.2, -0.15) is 0 Å². The van der Waals surface area contributed by atoms with Crippen LogP contribution in [0.2, 0.25) is 5.02 Å². The summed E-state index contributed by atoms with van der Waals surface area (Å²) in [4.78, 5) is 33.8. The number of fused-ring (bicyclic) bond motifs is 1. The number of aromatic nitrogens is 2. The average Bonchev–Trinajstić information content (AvgIpc) is 3.40. The fourth-order valence-corrected chi connectivity index (χ4v) is 4.44. The van der Waals surface area contributed by atoms with E-state index >= 15 is 0 Å². The van der Waals surface area contributed by atoms with Gasteiger partial charge in [0.2, 0.25) is 0 Å². The molecule has 0 aliphatic rings. The standard InChI is InChI=1S/C27H27ClFN3O3/c1-3-5-8-15-31(27(34)24-12-9-16-35-24)23(4-2)25-30-22-11-7-6-10-19(22)26(33)32(25)18-13-14-21(29)20(28)17-18/h6-7,9-14,16-17,23H,3-5,8,15H2,1-2H3. The van der Waals surface area contributed by atoms with E-state index in [0.29, 0.717) is 35.4 Å². The third-order valence-electron chi connectivity index (χ3n) is 6.02. The predicted octanol–water partition coefficient (Wildman–Crippen LogP) is 6.55. The number of benzene rings is 2. The quantitative estimate of drug-likeness (QED) is 0.247. The van der Waals surface area contributed by atoms with Gasteiger partial charge in [-0.1, -0.05) is 50.4 Å². The van der Waals surface area contributed by atoms with Crippen molar-refractivity contribution < 1.29 is 13.6 Å². The Labute approximate surface area is 208 Å². The number of nitrogens with zero attached hydrogens (tertiary/aromatic N) is 3. The third kappa shape index (κ3) is 5.00. The molecule has 182 valence electrons. The van der Waals surface area contributed by atoms with Crippen molar-refractivity contribution in [1.82, 2.24) is 14.5 Å². The van der Waals surface area contributed by atoms with E-state index in [1.165, 1.54) is 29.0 Å². The maximum atomic E-state index is 14.0. The minimum atomic E-state index is -0.583. The van der Waals surface area contributed by atoms with Crippen molar-refractivity contribution in [2.24, 2.45) is 0 Å².